The number of para-hydroxylation sites is 1. The lowest BCUT2D eigenvalue weighted by molar-refractivity contribution is 0.590. The highest BCUT2D eigenvalue weighted by Crippen LogP contribution is 2.28. The van der Waals surface area contributed by atoms with Gasteiger partial charge in [0.1, 0.15) is 11.2 Å². The summed E-state index contributed by atoms with van der Waals surface area (Å²) in [5.41, 5.74) is 5.26. The van der Waals surface area contributed by atoms with Crippen LogP contribution in [0.1, 0.15) is 37.5 Å². The van der Waals surface area contributed by atoms with Gasteiger partial charge in [-0.15, -0.1) is 0 Å². The topological polar surface area (TPSA) is 56.9 Å². The number of fused-ring (bicyclic) bond motifs is 2. The molecule has 0 radical (unpaired) electrons. The number of aryl methyl sites for hydroxylation is 3. The van der Waals surface area contributed by atoms with Gasteiger partial charge in [0.05, 0.1) is 11.2 Å². The third-order valence-corrected chi connectivity index (χ3v) is 6.59. The number of aromatic nitrogens is 3. The maximum atomic E-state index is 14.1. The van der Waals surface area contributed by atoms with Gasteiger partial charge in [0.2, 0.25) is 5.43 Å². The van der Waals surface area contributed by atoms with E-state index in [4.69, 9.17) is 4.98 Å². The molecule has 0 aliphatic carbocycles. The molecule has 0 aliphatic heterocycles. The molecule has 0 N–H and O–H groups in total. The van der Waals surface area contributed by atoms with Gasteiger partial charge in [0.25, 0.3) is 5.56 Å². The molecule has 0 amide bonds. The molecule has 5 heteroatoms. The lowest BCUT2D eigenvalue weighted by Crippen LogP contribution is -2.28. The molecule has 5 aromatic rings. The van der Waals surface area contributed by atoms with Gasteiger partial charge in [-0.2, -0.15) is 0 Å². The summed E-state index contributed by atoms with van der Waals surface area (Å²) in [5, 5.41) is 0.607. The minimum atomic E-state index is -0.360. The van der Waals surface area contributed by atoms with Crippen molar-refractivity contribution in [3.63, 3.8) is 0 Å². The second-order valence-corrected chi connectivity index (χ2v) is 10.4. The summed E-state index contributed by atoms with van der Waals surface area (Å²) in [6.45, 7) is 10.5. The van der Waals surface area contributed by atoms with Crippen molar-refractivity contribution in [1.29, 1.82) is 0 Å². The predicted octanol–water partition coefficient (Wildman–Crippen LogP) is 5.82. The molecule has 0 unspecified atom stereocenters. The van der Waals surface area contributed by atoms with Crippen molar-refractivity contribution in [3.05, 3.63) is 104 Å². The number of benzene rings is 3. The third-order valence-electron chi connectivity index (χ3n) is 6.59. The van der Waals surface area contributed by atoms with E-state index in [-0.39, 0.29) is 21.8 Å². The van der Waals surface area contributed by atoms with E-state index in [2.05, 4.69) is 39.0 Å². The standard InChI is InChI=1S/C30H29N3O2/c1-18-15-19(2)17-22(16-18)33-27(20-11-13-21(14-12-20)30(3,4)5)31-28-25(29(33)35)26(34)23-9-7-8-10-24(23)32(28)6/h7-17H,1-6H3. The Bertz CT molecular complexity index is 1710. The molecule has 0 saturated carbocycles. The fourth-order valence-electron chi connectivity index (χ4n) is 4.79. The molecular formula is C30H29N3O2. The molecule has 5 rings (SSSR count). The Morgan fingerprint density at radius 3 is 2.09 bits per heavy atom. The normalized spacial score (nSPS) is 11.9. The van der Waals surface area contributed by atoms with Crippen LogP contribution in [-0.4, -0.2) is 14.1 Å². The number of nitrogens with zero attached hydrogens (tertiary/aromatic N) is 3. The van der Waals surface area contributed by atoms with Gasteiger partial charge in [0.15, 0.2) is 5.65 Å². The van der Waals surface area contributed by atoms with Crippen molar-refractivity contribution in [2.45, 2.75) is 40.0 Å². The fourth-order valence-corrected chi connectivity index (χ4v) is 4.79. The lowest BCUT2D eigenvalue weighted by Gasteiger charge is -2.20. The SMILES string of the molecule is Cc1cc(C)cc(-n2c(-c3ccc(C(C)(C)C)cc3)nc3c(c(=O)c4ccccc4n3C)c2=O)c1. The fraction of sp³-hybridized carbons (Fsp3) is 0.233. The summed E-state index contributed by atoms with van der Waals surface area (Å²) in [6, 6.07) is 21.5. The predicted molar refractivity (Wildman–Crippen MR) is 144 cm³/mol. The first kappa shape index (κ1) is 22.8. The van der Waals surface area contributed by atoms with Crippen LogP contribution in [0.3, 0.4) is 0 Å². The van der Waals surface area contributed by atoms with E-state index in [1.165, 1.54) is 5.56 Å². The van der Waals surface area contributed by atoms with Crippen LogP contribution >= 0.6 is 0 Å². The molecule has 0 atom stereocenters. The Morgan fingerprint density at radius 1 is 0.829 bits per heavy atom. The molecule has 5 nitrogen and oxygen atoms in total. The van der Waals surface area contributed by atoms with Crippen LogP contribution in [0.5, 0.6) is 0 Å². The van der Waals surface area contributed by atoms with E-state index < -0.39 is 0 Å². The number of pyridine rings is 1. The summed E-state index contributed by atoms with van der Waals surface area (Å²) >= 11 is 0. The monoisotopic (exact) mass is 463 g/mol. The van der Waals surface area contributed by atoms with Gasteiger partial charge in [-0.25, -0.2) is 4.98 Å². The first-order valence-electron chi connectivity index (χ1n) is 11.8. The van der Waals surface area contributed by atoms with Gasteiger partial charge in [-0.3, -0.25) is 14.2 Å². The second-order valence-electron chi connectivity index (χ2n) is 10.4. The van der Waals surface area contributed by atoms with Crippen LogP contribution in [0.25, 0.3) is 39.0 Å². The zero-order valence-corrected chi connectivity index (χ0v) is 21.0. The van der Waals surface area contributed by atoms with E-state index >= 15 is 0 Å². The zero-order chi connectivity index (χ0) is 25.1. The quantitative estimate of drug-likeness (QED) is 0.310. The summed E-state index contributed by atoms with van der Waals surface area (Å²) < 4.78 is 3.43. The molecule has 0 fully saturated rings. The highest BCUT2D eigenvalue weighted by molar-refractivity contribution is 5.92. The van der Waals surface area contributed by atoms with E-state index in [0.717, 1.165) is 22.2 Å². The van der Waals surface area contributed by atoms with Crippen molar-refractivity contribution in [1.82, 2.24) is 14.1 Å². The number of rotatable bonds is 2. The van der Waals surface area contributed by atoms with E-state index in [0.29, 0.717) is 22.5 Å². The third kappa shape index (κ3) is 3.77. The van der Waals surface area contributed by atoms with Gasteiger partial charge >= 0.3 is 0 Å². The smallest absolute Gasteiger partial charge is 0.271 e. The summed E-state index contributed by atoms with van der Waals surface area (Å²) in [4.78, 5) is 32.6. The van der Waals surface area contributed by atoms with Crippen LogP contribution in [-0.2, 0) is 12.5 Å². The van der Waals surface area contributed by atoms with E-state index in [1.54, 1.807) is 10.6 Å². The van der Waals surface area contributed by atoms with Crippen molar-refractivity contribution < 1.29 is 0 Å². The van der Waals surface area contributed by atoms with Crippen molar-refractivity contribution in [2.75, 3.05) is 0 Å². The summed E-state index contributed by atoms with van der Waals surface area (Å²) in [5.74, 6) is 0.512. The molecule has 2 aromatic heterocycles. The van der Waals surface area contributed by atoms with E-state index in [9.17, 15) is 9.59 Å². The van der Waals surface area contributed by atoms with Gasteiger partial charge in [-0.05, 0) is 60.2 Å². The van der Waals surface area contributed by atoms with Gasteiger partial charge < -0.3 is 4.57 Å². The van der Waals surface area contributed by atoms with Crippen LogP contribution in [0.4, 0.5) is 0 Å². The van der Waals surface area contributed by atoms with Crippen molar-refractivity contribution in [3.8, 4) is 17.1 Å². The minimum Gasteiger partial charge on any atom is -0.328 e. The van der Waals surface area contributed by atoms with E-state index in [1.807, 2.05) is 67.9 Å². The Kier molecular flexibility index (Phi) is 5.24. The Labute approximate surface area is 204 Å². The largest absolute Gasteiger partial charge is 0.328 e. The molecular weight excluding hydrogens is 434 g/mol. The number of hydrogen-bond acceptors (Lipinski definition) is 3. The second kappa shape index (κ2) is 8.05. The highest BCUT2D eigenvalue weighted by atomic mass is 16.1. The Hall–Kier alpha value is -3.99. The molecule has 0 bridgehead atoms. The van der Waals surface area contributed by atoms with Gasteiger partial charge in [0, 0.05) is 18.0 Å². The summed E-state index contributed by atoms with van der Waals surface area (Å²) in [6.07, 6.45) is 0. The molecule has 3 aromatic carbocycles. The maximum absolute atomic E-state index is 14.1. The molecule has 0 saturated heterocycles. The van der Waals surface area contributed by atoms with Crippen LogP contribution < -0.4 is 11.0 Å². The Balaban J connectivity index is 1.94. The maximum Gasteiger partial charge on any atom is 0.271 e. The first-order valence-corrected chi connectivity index (χ1v) is 11.8. The Morgan fingerprint density at radius 2 is 1.46 bits per heavy atom. The first-order chi connectivity index (χ1) is 16.6. The molecule has 35 heavy (non-hydrogen) atoms. The average Bonchev–Trinajstić information content (AvgIpc) is 2.81. The summed E-state index contributed by atoms with van der Waals surface area (Å²) in [7, 11) is 1.85. The highest BCUT2D eigenvalue weighted by Gasteiger charge is 2.21. The molecule has 0 spiro atoms. The minimum absolute atomic E-state index is 0.00544. The average molecular weight is 464 g/mol. The van der Waals surface area contributed by atoms with Gasteiger partial charge in [-0.1, -0.05) is 63.2 Å². The molecule has 176 valence electrons. The van der Waals surface area contributed by atoms with Crippen LogP contribution in [0.15, 0.2) is 76.3 Å². The zero-order valence-electron chi connectivity index (χ0n) is 21.0. The molecule has 0 aliphatic rings. The van der Waals surface area contributed by atoms with Crippen molar-refractivity contribution >= 4 is 21.9 Å². The number of hydrogen-bond donors (Lipinski definition) is 0. The van der Waals surface area contributed by atoms with Crippen molar-refractivity contribution in [2.24, 2.45) is 7.05 Å². The molecule has 2 heterocycles. The van der Waals surface area contributed by atoms with Crippen LogP contribution in [0.2, 0.25) is 0 Å². The lowest BCUT2D eigenvalue weighted by atomic mass is 9.86. The van der Waals surface area contributed by atoms with Crippen LogP contribution in [0, 0.1) is 13.8 Å².